The zero-order valence-electron chi connectivity index (χ0n) is 18.9. The lowest BCUT2D eigenvalue weighted by atomic mass is 10.1. The summed E-state index contributed by atoms with van der Waals surface area (Å²) < 4.78 is 40.0. The number of hydrogen-bond donors (Lipinski definition) is 1. The Morgan fingerprint density at radius 3 is 2.60 bits per heavy atom. The molecule has 0 bridgehead atoms. The molecule has 11 heteroatoms. The van der Waals surface area contributed by atoms with Gasteiger partial charge in [-0.1, -0.05) is 30.3 Å². The molecule has 2 aromatic carbocycles. The van der Waals surface area contributed by atoms with E-state index in [-0.39, 0.29) is 29.3 Å². The van der Waals surface area contributed by atoms with E-state index in [4.69, 9.17) is 9.47 Å². The van der Waals surface area contributed by atoms with Crippen LogP contribution in [0.3, 0.4) is 0 Å². The van der Waals surface area contributed by atoms with Gasteiger partial charge in [0.25, 0.3) is 5.91 Å². The minimum Gasteiger partial charge on any atom is -0.495 e. The van der Waals surface area contributed by atoms with Gasteiger partial charge >= 0.3 is 0 Å². The number of methoxy groups -OCH3 is 1. The summed E-state index contributed by atoms with van der Waals surface area (Å²) in [7, 11) is -2.44. The van der Waals surface area contributed by atoms with Crippen molar-refractivity contribution in [2.45, 2.75) is 4.90 Å². The molecular formula is C24H23N5O5S. The van der Waals surface area contributed by atoms with Crippen molar-refractivity contribution in [2.24, 2.45) is 0 Å². The van der Waals surface area contributed by atoms with Crippen molar-refractivity contribution in [3.8, 4) is 17.0 Å². The molecule has 1 amide bonds. The number of amides is 1. The van der Waals surface area contributed by atoms with E-state index in [1.165, 1.54) is 29.7 Å². The van der Waals surface area contributed by atoms with Crippen molar-refractivity contribution in [3.05, 3.63) is 72.6 Å². The molecule has 1 aliphatic heterocycles. The Morgan fingerprint density at radius 2 is 1.86 bits per heavy atom. The highest BCUT2D eigenvalue weighted by molar-refractivity contribution is 7.89. The largest absolute Gasteiger partial charge is 0.495 e. The van der Waals surface area contributed by atoms with E-state index in [1.54, 1.807) is 16.8 Å². The quantitative estimate of drug-likeness (QED) is 0.439. The summed E-state index contributed by atoms with van der Waals surface area (Å²) in [5.41, 5.74) is 2.68. The molecule has 0 spiro atoms. The molecule has 1 aliphatic rings. The third-order valence-electron chi connectivity index (χ3n) is 5.72. The molecule has 180 valence electrons. The number of aromatic nitrogens is 3. The lowest BCUT2D eigenvalue weighted by Gasteiger charge is -2.26. The number of carbonyl (C=O) groups is 1. The number of benzene rings is 2. The molecule has 5 rings (SSSR count). The van der Waals surface area contributed by atoms with E-state index in [1.807, 2.05) is 36.4 Å². The highest BCUT2D eigenvalue weighted by Crippen LogP contribution is 2.30. The van der Waals surface area contributed by atoms with E-state index < -0.39 is 15.9 Å². The van der Waals surface area contributed by atoms with Crippen LogP contribution in [-0.4, -0.2) is 66.6 Å². The highest BCUT2D eigenvalue weighted by atomic mass is 32.2. The summed E-state index contributed by atoms with van der Waals surface area (Å²) in [4.78, 5) is 17.5. The molecule has 0 saturated carbocycles. The standard InChI is InChI=1S/C24H23N5O5S/c1-33-21-8-7-18(15-22(21)35(31,32)28-11-13-34-14-12-28)27-24(30)19-16-26-29-20(9-10-25-23(19)29)17-5-3-2-4-6-17/h2-10,15-16H,11-14H2,1H3,(H,27,30). The first-order valence-corrected chi connectivity index (χ1v) is 12.4. The first-order valence-electron chi connectivity index (χ1n) is 10.9. The number of nitrogens with zero attached hydrogens (tertiary/aromatic N) is 4. The Kier molecular flexibility index (Phi) is 6.20. The molecule has 0 atom stereocenters. The van der Waals surface area contributed by atoms with Crippen molar-refractivity contribution in [1.82, 2.24) is 18.9 Å². The first-order chi connectivity index (χ1) is 17.0. The predicted molar refractivity (Wildman–Crippen MR) is 129 cm³/mol. The van der Waals surface area contributed by atoms with Crippen LogP contribution < -0.4 is 10.1 Å². The van der Waals surface area contributed by atoms with E-state index in [0.717, 1.165) is 11.3 Å². The number of morpholine rings is 1. The molecule has 0 aliphatic carbocycles. The van der Waals surface area contributed by atoms with Gasteiger partial charge in [-0.3, -0.25) is 4.79 Å². The summed E-state index contributed by atoms with van der Waals surface area (Å²) in [6, 6.07) is 16.0. The maximum absolute atomic E-state index is 13.2. The summed E-state index contributed by atoms with van der Waals surface area (Å²) >= 11 is 0. The fourth-order valence-corrected chi connectivity index (χ4v) is 5.55. The lowest BCUT2D eigenvalue weighted by molar-refractivity contribution is 0.0729. The predicted octanol–water partition coefficient (Wildman–Crippen LogP) is 2.68. The molecule has 1 fully saturated rings. The molecule has 2 aromatic heterocycles. The smallest absolute Gasteiger partial charge is 0.261 e. The van der Waals surface area contributed by atoms with Crippen molar-refractivity contribution in [2.75, 3.05) is 38.7 Å². The Hall–Kier alpha value is -3.80. The normalized spacial score (nSPS) is 14.7. The number of ether oxygens (including phenoxy) is 2. The highest BCUT2D eigenvalue weighted by Gasteiger charge is 2.30. The van der Waals surface area contributed by atoms with Gasteiger partial charge in [-0.05, 0) is 24.3 Å². The minimum atomic E-state index is -3.84. The summed E-state index contributed by atoms with van der Waals surface area (Å²) in [6.45, 7) is 1.15. The molecule has 3 heterocycles. The molecule has 10 nitrogen and oxygen atoms in total. The molecule has 4 aromatic rings. The van der Waals surface area contributed by atoms with Crippen LogP contribution in [-0.2, 0) is 14.8 Å². The van der Waals surface area contributed by atoms with Crippen LogP contribution in [0.2, 0.25) is 0 Å². The number of hydrogen-bond acceptors (Lipinski definition) is 7. The second kappa shape index (κ2) is 9.45. The van der Waals surface area contributed by atoms with Crippen LogP contribution in [0.15, 0.2) is 71.9 Å². The molecule has 1 saturated heterocycles. The van der Waals surface area contributed by atoms with Crippen LogP contribution in [0.4, 0.5) is 5.69 Å². The van der Waals surface area contributed by atoms with Gasteiger partial charge in [0.1, 0.15) is 16.2 Å². The van der Waals surface area contributed by atoms with Gasteiger partial charge in [-0.15, -0.1) is 0 Å². The Morgan fingerprint density at radius 1 is 1.09 bits per heavy atom. The van der Waals surface area contributed by atoms with Crippen molar-refractivity contribution in [1.29, 1.82) is 0 Å². The van der Waals surface area contributed by atoms with Crippen LogP contribution in [0.25, 0.3) is 16.9 Å². The number of rotatable bonds is 6. The zero-order valence-corrected chi connectivity index (χ0v) is 19.7. The van der Waals surface area contributed by atoms with Gasteiger partial charge in [0, 0.05) is 30.5 Å². The van der Waals surface area contributed by atoms with Crippen LogP contribution in [0.1, 0.15) is 10.4 Å². The van der Waals surface area contributed by atoms with Crippen molar-refractivity contribution in [3.63, 3.8) is 0 Å². The Balaban J connectivity index is 1.46. The average Bonchev–Trinajstić information content (AvgIpc) is 3.34. The van der Waals surface area contributed by atoms with Crippen molar-refractivity contribution < 1.29 is 22.7 Å². The van der Waals surface area contributed by atoms with Gasteiger partial charge in [0.05, 0.1) is 32.2 Å². The zero-order chi connectivity index (χ0) is 24.4. The van der Waals surface area contributed by atoms with Crippen LogP contribution in [0, 0.1) is 0 Å². The molecule has 35 heavy (non-hydrogen) atoms. The fourth-order valence-electron chi connectivity index (χ4n) is 3.96. The van der Waals surface area contributed by atoms with Crippen molar-refractivity contribution >= 4 is 27.3 Å². The van der Waals surface area contributed by atoms with Crippen LogP contribution in [0.5, 0.6) is 5.75 Å². The summed E-state index contributed by atoms with van der Waals surface area (Å²) in [5, 5.41) is 7.13. The third kappa shape index (κ3) is 4.36. The molecule has 1 N–H and O–H groups in total. The number of sulfonamides is 1. The maximum atomic E-state index is 13.2. The van der Waals surface area contributed by atoms with E-state index >= 15 is 0 Å². The van der Waals surface area contributed by atoms with Gasteiger partial charge < -0.3 is 14.8 Å². The van der Waals surface area contributed by atoms with Crippen LogP contribution >= 0.6 is 0 Å². The summed E-state index contributed by atoms with van der Waals surface area (Å²) in [6.07, 6.45) is 3.07. The first kappa shape index (κ1) is 23.0. The van der Waals surface area contributed by atoms with E-state index in [9.17, 15) is 13.2 Å². The van der Waals surface area contributed by atoms with Gasteiger partial charge in [0.2, 0.25) is 10.0 Å². The van der Waals surface area contributed by atoms with Gasteiger partial charge in [-0.2, -0.15) is 9.40 Å². The third-order valence-corrected chi connectivity index (χ3v) is 7.64. The van der Waals surface area contributed by atoms with Gasteiger partial charge in [0.15, 0.2) is 5.65 Å². The molecule has 0 radical (unpaired) electrons. The Bertz CT molecular complexity index is 1480. The molecular weight excluding hydrogens is 470 g/mol. The maximum Gasteiger partial charge on any atom is 0.261 e. The second-order valence-electron chi connectivity index (χ2n) is 7.83. The topological polar surface area (TPSA) is 115 Å². The SMILES string of the molecule is COc1ccc(NC(=O)c2cnn3c(-c4ccccc4)ccnc23)cc1S(=O)(=O)N1CCOCC1. The van der Waals surface area contributed by atoms with Gasteiger partial charge in [-0.25, -0.2) is 17.9 Å². The number of carbonyl (C=O) groups excluding carboxylic acids is 1. The fraction of sp³-hybridized carbons (Fsp3) is 0.208. The monoisotopic (exact) mass is 493 g/mol. The number of anilines is 1. The van der Waals surface area contributed by atoms with E-state index in [2.05, 4.69) is 15.4 Å². The number of fused-ring (bicyclic) bond motifs is 1. The second-order valence-corrected chi connectivity index (χ2v) is 9.73. The Labute approximate surface area is 202 Å². The minimum absolute atomic E-state index is 0.0240. The van der Waals surface area contributed by atoms with E-state index in [0.29, 0.717) is 24.5 Å². The average molecular weight is 494 g/mol. The number of nitrogens with one attached hydrogen (secondary N) is 1. The summed E-state index contributed by atoms with van der Waals surface area (Å²) in [5.74, 6) is -0.266. The molecule has 0 unspecified atom stereocenters. The lowest BCUT2D eigenvalue weighted by Crippen LogP contribution is -2.40.